The van der Waals surface area contributed by atoms with Crippen LogP contribution >= 0.6 is 23.2 Å². The highest BCUT2D eigenvalue weighted by atomic mass is 35.5. The van der Waals surface area contributed by atoms with Crippen molar-refractivity contribution in [3.63, 3.8) is 0 Å². The van der Waals surface area contributed by atoms with E-state index >= 15 is 0 Å². The summed E-state index contributed by atoms with van der Waals surface area (Å²) in [5.74, 6) is -0.455. The number of aliphatic carboxylic acids is 1. The molecule has 0 radical (unpaired) electrons. The fraction of sp³-hybridized carbons (Fsp3) is 0.238. The molecule has 6 heteroatoms. The Labute approximate surface area is 167 Å². The molecule has 1 unspecified atom stereocenters. The van der Waals surface area contributed by atoms with Crippen LogP contribution < -0.4 is 4.74 Å². The Kier molecular flexibility index (Phi) is 5.88. The maximum Gasteiger partial charge on any atom is 0.303 e. The maximum atomic E-state index is 11.0. The molecule has 0 fully saturated rings. The molecule has 0 aliphatic rings. The number of aromatic nitrogens is 1. The Bertz CT molecular complexity index is 1000. The molecule has 2 aromatic carbocycles. The number of carboxylic acid groups (broad SMARTS) is 1. The van der Waals surface area contributed by atoms with Crippen molar-refractivity contribution in [2.24, 2.45) is 0 Å². The second-order valence-electron chi connectivity index (χ2n) is 6.50. The van der Waals surface area contributed by atoms with E-state index in [0.29, 0.717) is 21.4 Å². The summed E-state index contributed by atoms with van der Waals surface area (Å²) in [6.45, 7) is 3.92. The van der Waals surface area contributed by atoms with Crippen LogP contribution in [-0.2, 0) is 11.4 Å². The fourth-order valence-electron chi connectivity index (χ4n) is 2.98. The van der Waals surface area contributed by atoms with E-state index in [4.69, 9.17) is 33.0 Å². The number of halogens is 2. The first-order valence-corrected chi connectivity index (χ1v) is 9.30. The van der Waals surface area contributed by atoms with Gasteiger partial charge in [-0.2, -0.15) is 0 Å². The molecular weight excluding hydrogens is 385 g/mol. The van der Waals surface area contributed by atoms with Crippen molar-refractivity contribution in [1.82, 2.24) is 4.98 Å². The highest BCUT2D eigenvalue weighted by Crippen LogP contribution is 2.35. The zero-order valence-electron chi connectivity index (χ0n) is 15.0. The Morgan fingerprint density at radius 2 is 1.96 bits per heavy atom. The standard InChI is InChI=1S/C21H19Cl2NO3/c1-12(10-19(25)26)15-8-9-17(22)16(20(15)23)11-27-18-5-3-4-14-7-6-13(2)24-21(14)18/h3-9,12H,10-11H2,1-2H3,(H,25,26). The third-order valence-corrected chi connectivity index (χ3v) is 5.22. The molecule has 0 bridgehead atoms. The van der Waals surface area contributed by atoms with Gasteiger partial charge < -0.3 is 9.84 Å². The van der Waals surface area contributed by atoms with E-state index in [-0.39, 0.29) is 18.9 Å². The Morgan fingerprint density at radius 1 is 1.19 bits per heavy atom. The number of benzene rings is 2. The van der Waals surface area contributed by atoms with E-state index < -0.39 is 5.97 Å². The van der Waals surface area contributed by atoms with Gasteiger partial charge in [-0.3, -0.25) is 4.79 Å². The molecule has 0 saturated carbocycles. The summed E-state index contributed by atoms with van der Waals surface area (Å²) >= 11 is 12.9. The number of nitrogens with zero attached hydrogens (tertiary/aromatic N) is 1. The van der Waals surface area contributed by atoms with Crippen molar-refractivity contribution < 1.29 is 14.6 Å². The van der Waals surface area contributed by atoms with Crippen LogP contribution in [0.3, 0.4) is 0 Å². The van der Waals surface area contributed by atoms with E-state index in [1.165, 1.54) is 0 Å². The van der Waals surface area contributed by atoms with Gasteiger partial charge in [-0.05, 0) is 36.6 Å². The average Bonchev–Trinajstić information content (AvgIpc) is 2.61. The third kappa shape index (κ3) is 4.34. The molecule has 1 atom stereocenters. The third-order valence-electron chi connectivity index (χ3n) is 4.42. The SMILES string of the molecule is Cc1ccc2cccc(OCc3c(Cl)ccc(C(C)CC(=O)O)c3Cl)c2n1. The summed E-state index contributed by atoms with van der Waals surface area (Å²) in [4.78, 5) is 15.6. The van der Waals surface area contributed by atoms with E-state index in [0.717, 1.165) is 22.2 Å². The lowest BCUT2D eigenvalue weighted by Gasteiger charge is -2.17. The highest BCUT2D eigenvalue weighted by Gasteiger charge is 2.18. The first kappa shape index (κ1) is 19.5. The summed E-state index contributed by atoms with van der Waals surface area (Å²) < 4.78 is 5.99. The smallest absolute Gasteiger partial charge is 0.303 e. The van der Waals surface area contributed by atoms with Gasteiger partial charge in [0.2, 0.25) is 0 Å². The second kappa shape index (κ2) is 8.15. The van der Waals surface area contributed by atoms with E-state index in [1.807, 2.05) is 44.2 Å². The molecule has 0 spiro atoms. The number of carbonyl (C=O) groups is 1. The van der Waals surface area contributed by atoms with Crippen LogP contribution in [0.4, 0.5) is 0 Å². The van der Waals surface area contributed by atoms with Crippen LogP contribution in [0.15, 0.2) is 42.5 Å². The topological polar surface area (TPSA) is 59.4 Å². The van der Waals surface area contributed by atoms with Gasteiger partial charge in [-0.1, -0.05) is 54.4 Å². The predicted molar refractivity (Wildman–Crippen MR) is 108 cm³/mol. The number of fused-ring (bicyclic) bond motifs is 1. The van der Waals surface area contributed by atoms with E-state index in [1.54, 1.807) is 12.1 Å². The van der Waals surface area contributed by atoms with Crippen molar-refractivity contribution in [3.05, 3.63) is 69.3 Å². The molecule has 0 amide bonds. The molecular formula is C21H19Cl2NO3. The molecule has 0 aliphatic heterocycles. The van der Waals surface area contributed by atoms with Crippen LogP contribution in [0, 0.1) is 6.92 Å². The monoisotopic (exact) mass is 403 g/mol. The lowest BCUT2D eigenvalue weighted by atomic mass is 9.96. The summed E-state index contributed by atoms with van der Waals surface area (Å²) in [5, 5.41) is 10.9. The summed E-state index contributed by atoms with van der Waals surface area (Å²) in [6.07, 6.45) is -0.00578. The molecule has 1 aromatic heterocycles. The van der Waals surface area contributed by atoms with Crippen LogP contribution in [0.2, 0.25) is 10.0 Å². The zero-order chi connectivity index (χ0) is 19.6. The van der Waals surface area contributed by atoms with Gasteiger partial charge in [0.1, 0.15) is 17.9 Å². The molecule has 1 heterocycles. The van der Waals surface area contributed by atoms with Crippen LogP contribution in [-0.4, -0.2) is 16.1 Å². The van der Waals surface area contributed by atoms with Crippen molar-refractivity contribution in [3.8, 4) is 5.75 Å². The second-order valence-corrected chi connectivity index (χ2v) is 7.28. The number of rotatable bonds is 6. The van der Waals surface area contributed by atoms with Crippen LogP contribution in [0.5, 0.6) is 5.75 Å². The zero-order valence-corrected chi connectivity index (χ0v) is 16.5. The summed E-state index contributed by atoms with van der Waals surface area (Å²) in [5.41, 5.74) is 3.06. The molecule has 3 rings (SSSR count). The molecule has 27 heavy (non-hydrogen) atoms. The molecule has 3 aromatic rings. The fourth-order valence-corrected chi connectivity index (χ4v) is 3.65. The minimum atomic E-state index is -0.872. The summed E-state index contributed by atoms with van der Waals surface area (Å²) in [6, 6.07) is 13.2. The maximum absolute atomic E-state index is 11.0. The number of hydrogen-bond donors (Lipinski definition) is 1. The quantitative estimate of drug-likeness (QED) is 0.547. The van der Waals surface area contributed by atoms with Crippen molar-refractivity contribution in [2.45, 2.75) is 32.8 Å². The first-order valence-electron chi connectivity index (χ1n) is 8.54. The van der Waals surface area contributed by atoms with Gasteiger partial charge in [0, 0.05) is 21.7 Å². The van der Waals surface area contributed by atoms with Gasteiger partial charge in [0.05, 0.1) is 11.4 Å². The van der Waals surface area contributed by atoms with Crippen molar-refractivity contribution in [1.29, 1.82) is 0 Å². The summed E-state index contributed by atoms with van der Waals surface area (Å²) in [7, 11) is 0. The molecule has 0 aliphatic carbocycles. The number of ether oxygens (including phenoxy) is 1. The van der Waals surface area contributed by atoms with Crippen LogP contribution in [0.25, 0.3) is 10.9 Å². The Balaban J connectivity index is 1.90. The van der Waals surface area contributed by atoms with E-state index in [9.17, 15) is 4.79 Å². The predicted octanol–water partition coefficient (Wildman–Crippen LogP) is 6.01. The van der Waals surface area contributed by atoms with Gasteiger partial charge in [-0.25, -0.2) is 4.98 Å². The van der Waals surface area contributed by atoms with Gasteiger partial charge >= 0.3 is 5.97 Å². The molecule has 4 nitrogen and oxygen atoms in total. The number of para-hydroxylation sites is 1. The number of aryl methyl sites for hydroxylation is 1. The molecule has 0 saturated heterocycles. The van der Waals surface area contributed by atoms with Crippen molar-refractivity contribution >= 4 is 40.1 Å². The Morgan fingerprint density at radius 3 is 2.70 bits per heavy atom. The molecule has 140 valence electrons. The lowest BCUT2D eigenvalue weighted by molar-refractivity contribution is -0.137. The Hall–Kier alpha value is -2.30. The van der Waals surface area contributed by atoms with Gasteiger partial charge in [-0.15, -0.1) is 0 Å². The molecule has 1 N–H and O–H groups in total. The van der Waals surface area contributed by atoms with Crippen LogP contribution in [0.1, 0.15) is 36.1 Å². The minimum Gasteiger partial charge on any atom is -0.487 e. The first-order chi connectivity index (χ1) is 12.9. The normalized spacial score (nSPS) is 12.1. The van der Waals surface area contributed by atoms with Gasteiger partial charge in [0.25, 0.3) is 0 Å². The number of pyridine rings is 1. The minimum absolute atomic E-state index is 0.00578. The van der Waals surface area contributed by atoms with E-state index in [2.05, 4.69) is 4.98 Å². The van der Waals surface area contributed by atoms with Crippen molar-refractivity contribution in [2.75, 3.05) is 0 Å². The highest BCUT2D eigenvalue weighted by molar-refractivity contribution is 6.36. The number of hydrogen-bond acceptors (Lipinski definition) is 3. The number of carboxylic acids is 1. The average molecular weight is 404 g/mol. The lowest BCUT2D eigenvalue weighted by Crippen LogP contribution is -2.06. The largest absolute Gasteiger partial charge is 0.487 e. The van der Waals surface area contributed by atoms with Gasteiger partial charge in [0.15, 0.2) is 0 Å².